The second-order valence-corrected chi connectivity index (χ2v) is 7.06. The van der Waals surface area contributed by atoms with Crippen molar-refractivity contribution in [1.82, 2.24) is 0 Å². The van der Waals surface area contributed by atoms with Crippen LogP contribution in [0, 0.1) is 12.3 Å². The van der Waals surface area contributed by atoms with Crippen molar-refractivity contribution in [2.24, 2.45) is 5.41 Å². The number of nitrogens with one attached hydrogen (secondary N) is 2. The van der Waals surface area contributed by atoms with E-state index in [4.69, 9.17) is 0 Å². The lowest BCUT2D eigenvalue weighted by molar-refractivity contribution is -0.135. The molecule has 148 valence electrons. The summed E-state index contributed by atoms with van der Waals surface area (Å²) in [4.78, 5) is 37.0. The van der Waals surface area contributed by atoms with Crippen molar-refractivity contribution in [2.75, 3.05) is 17.7 Å². The highest BCUT2D eigenvalue weighted by Gasteiger charge is 2.36. The number of aryl methyl sites for hydroxylation is 2. The zero-order valence-electron chi connectivity index (χ0n) is 16.9. The molecule has 0 heterocycles. The van der Waals surface area contributed by atoms with E-state index in [-0.39, 0.29) is 5.91 Å². The Morgan fingerprint density at radius 1 is 0.964 bits per heavy atom. The third-order valence-corrected chi connectivity index (χ3v) is 4.68. The van der Waals surface area contributed by atoms with Gasteiger partial charge in [-0.25, -0.2) is 4.79 Å². The van der Waals surface area contributed by atoms with Crippen LogP contribution in [0.2, 0.25) is 0 Å². The Morgan fingerprint density at radius 3 is 2.14 bits per heavy atom. The molecule has 2 rings (SSSR count). The first kappa shape index (κ1) is 21.2. The molecule has 0 saturated carbocycles. The molecule has 0 bridgehead atoms. The summed E-state index contributed by atoms with van der Waals surface area (Å²) in [7, 11) is 1.30. The van der Waals surface area contributed by atoms with Crippen molar-refractivity contribution >= 4 is 29.2 Å². The van der Waals surface area contributed by atoms with E-state index in [1.165, 1.54) is 7.11 Å². The molecule has 2 aromatic carbocycles. The Balaban J connectivity index is 2.14. The SMILES string of the molecule is CCc1cccc(C)c1NC(=O)C(C)(C)C(=O)Nc1ccc(C(=O)OC)cc1. The lowest BCUT2D eigenvalue weighted by atomic mass is 9.90. The van der Waals surface area contributed by atoms with Crippen LogP contribution in [0.3, 0.4) is 0 Å². The number of rotatable bonds is 6. The van der Waals surface area contributed by atoms with Gasteiger partial charge >= 0.3 is 5.97 Å². The van der Waals surface area contributed by atoms with E-state index in [9.17, 15) is 14.4 Å². The molecule has 0 aliphatic rings. The number of amides is 2. The summed E-state index contributed by atoms with van der Waals surface area (Å²) in [5, 5.41) is 5.63. The van der Waals surface area contributed by atoms with Gasteiger partial charge in [0, 0.05) is 11.4 Å². The third-order valence-electron chi connectivity index (χ3n) is 4.68. The van der Waals surface area contributed by atoms with E-state index in [1.807, 2.05) is 32.0 Å². The molecule has 2 aromatic rings. The average Bonchev–Trinajstić information content (AvgIpc) is 2.69. The van der Waals surface area contributed by atoms with Gasteiger partial charge in [0.15, 0.2) is 0 Å². The number of hydrogen-bond acceptors (Lipinski definition) is 4. The number of hydrogen-bond donors (Lipinski definition) is 2. The predicted octanol–water partition coefficient (Wildman–Crippen LogP) is 3.95. The van der Waals surface area contributed by atoms with Crippen molar-refractivity contribution in [3.63, 3.8) is 0 Å². The van der Waals surface area contributed by atoms with Gasteiger partial charge in [-0.15, -0.1) is 0 Å². The number of benzene rings is 2. The van der Waals surface area contributed by atoms with Gasteiger partial charge in [0.05, 0.1) is 12.7 Å². The van der Waals surface area contributed by atoms with Crippen LogP contribution < -0.4 is 10.6 Å². The second-order valence-electron chi connectivity index (χ2n) is 7.06. The molecule has 0 aliphatic heterocycles. The summed E-state index contributed by atoms with van der Waals surface area (Å²) in [6, 6.07) is 12.1. The van der Waals surface area contributed by atoms with Crippen LogP contribution in [0.25, 0.3) is 0 Å². The molecule has 0 unspecified atom stereocenters. The molecule has 6 nitrogen and oxygen atoms in total. The summed E-state index contributed by atoms with van der Waals surface area (Å²) in [5.74, 6) is -1.29. The third kappa shape index (κ3) is 4.57. The van der Waals surface area contributed by atoms with Crippen LogP contribution in [-0.4, -0.2) is 24.9 Å². The maximum Gasteiger partial charge on any atom is 0.337 e. The molecule has 0 spiro atoms. The van der Waals surface area contributed by atoms with Crippen molar-refractivity contribution in [3.05, 3.63) is 59.2 Å². The summed E-state index contributed by atoms with van der Waals surface area (Å²) < 4.78 is 4.65. The maximum absolute atomic E-state index is 12.8. The van der Waals surface area contributed by atoms with Gasteiger partial charge < -0.3 is 15.4 Å². The second kappa shape index (κ2) is 8.69. The molecule has 0 fully saturated rings. The molecule has 0 radical (unpaired) electrons. The lowest BCUT2D eigenvalue weighted by Crippen LogP contribution is -2.41. The number of carbonyl (C=O) groups excluding carboxylic acids is 3. The number of para-hydroxylation sites is 1. The Morgan fingerprint density at radius 2 is 1.57 bits per heavy atom. The molecule has 2 N–H and O–H groups in total. The zero-order chi connectivity index (χ0) is 20.9. The Bertz CT molecular complexity index is 886. The number of methoxy groups -OCH3 is 1. The first-order chi connectivity index (χ1) is 13.2. The molecule has 0 saturated heterocycles. The lowest BCUT2D eigenvalue weighted by Gasteiger charge is -2.24. The fraction of sp³-hybridized carbons (Fsp3) is 0.318. The van der Waals surface area contributed by atoms with Crippen molar-refractivity contribution in [3.8, 4) is 0 Å². The largest absolute Gasteiger partial charge is 0.465 e. The van der Waals surface area contributed by atoms with Gasteiger partial charge in [0.25, 0.3) is 0 Å². The monoisotopic (exact) mass is 382 g/mol. The zero-order valence-corrected chi connectivity index (χ0v) is 16.9. The van der Waals surface area contributed by atoms with Gasteiger partial charge in [-0.3, -0.25) is 9.59 Å². The van der Waals surface area contributed by atoms with Crippen LogP contribution >= 0.6 is 0 Å². The molecular formula is C22H26N2O4. The van der Waals surface area contributed by atoms with E-state index < -0.39 is 17.3 Å². The topological polar surface area (TPSA) is 84.5 Å². The molecule has 28 heavy (non-hydrogen) atoms. The van der Waals surface area contributed by atoms with Crippen LogP contribution in [0.5, 0.6) is 0 Å². The molecule has 2 amide bonds. The molecule has 0 atom stereocenters. The molecule has 6 heteroatoms. The molecular weight excluding hydrogens is 356 g/mol. The van der Waals surface area contributed by atoms with Crippen LogP contribution in [-0.2, 0) is 20.7 Å². The van der Waals surface area contributed by atoms with E-state index >= 15 is 0 Å². The quantitative estimate of drug-likeness (QED) is 0.585. The van der Waals surface area contributed by atoms with Crippen molar-refractivity contribution in [2.45, 2.75) is 34.1 Å². The highest BCUT2D eigenvalue weighted by atomic mass is 16.5. The Labute approximate surface area is 165 Å². The average molecular weight is 382 g/mol. The minimum Gasteiger partial charge on any atom is -0.465 e. The highest BCUT2D eigenvalue weighted by molar-refractivity contribution is 6.14. The molecule has 0 aromatic heterocycles. The number of esters is 1. The van der Waals surface area contributed by atoms with E-state index in [0.717, 1.165) is 23.2 Å². The summed E-state index contributed by atoms with van der Waals surface area (Å²) >= 11 is 0. The summed E-state index contributed by atoms with van der Waals surface area (Å²) in [6.07, 6.45) is 0.774. The summed E-state index contributed by atoms with van der Waals surface area (Å²) in [5.41, 5.74) is 2.28. The van der Waals surface area contributed by atoms with Gasteiger partial charge in [0.1, 0.15) is 5.41 Å². The maximum atomic E-state index is 12.8. The number of ether oxygens (including phenoxy) is 1. The number of carbonyl (C=O) groups is 3. The minimum absolute atomic E-state index is 0.379. The fourth-order valence-electron chi connectivity index (χ4n) is 2.67. The van der Waals surface area contributed by atoms with Gasteiger partial charge in [-0.05, 0) is 62.6 Å². The van der Waals surface area contributed by atoms with E-state index in [0.29, 0.717) is 11.3 Å². The van der Waals surface area contributed by atoms with Gasteiger partial charge in [-0.1, -0.05) is 25.1 Å². The fourth-order valence-corrected chi connectivity index (χ4v) is 2.67. The van der Waals surface area contributed by atoms with E-state index in [2.05, 4.69) is 15.4 Å². The van der Waals surface area contributed by atoms with Crippen molar-refractivity contribution < 1.29 is 19.1 Å². The Kier molecular flexibility index (Phi) is 6.57. The molecule has 0 aliphatic carbocycles. The summed E-state index contributed by atoms with van der Waals surface area (Å²) in [6.45, 7) is 7.08. The van der Waals surface area contributed by atoms with Crippen LogP contribution in [0.4, 0.5) is 11.4 Å². The predicted molar refractivity (Wildman–Crippen MR) is 109 cm³/mol. The minimum atomic E-state index is -1.30. The number of anilines is 2. The standard InChI is InChI=1S/C22H26N2O4/c1-6-15-9-7-8-14(2)18(15)24-21(27)22(3,4)20(26)23-17-12-10-16(11-13-17)19(25)28-5/h7-13H,6H2,1-5H3,(H,23,26)(H,24,27). The highest BCUT2D eigenvalue weighted by Crippen LogP contribution is 2.26. The van der Waals surface area contributed by atoms with Gasteiger partial charge in [0.2, 0.25) is 11.8 Å². The first-order valence-corrected chi connectivity index (χ1v) is 9.10. The van der Waals surface area contributed by atoms with E-state index in [1.54, 1.807) is 38.1 Å². The Hall–Kier alpha value is -3.15. The van der Waals surface area contributed by atoms with Crippen LogP contribution in [0.15, 0.2) is 42.5 Å². The van der Waals surface area contributed by atoms with Gasteiger partial charge in [-0.2, -0.15) is 0 Å². The first-order valence-electron chi connectivity index (χ1n) is 9.10. The smallest absolute Gasteiger partial charge is 0.337 e. The normalized spacial score (nSPS) is 10.9. The van der Waals surface area contributed by atoms with Crippen molar-refractivity contribution in [1.29, 1.82) is 0 Å². The van der Waals surface area contributed by atoms with Crippen LogP contribution in [0.1, 0.15) is 42.3 Å².